The second-order valence-corrected chi connectivity index (χ2v) is 11.2. The van der Waals surface area contributed by atoms with Gasteiger partial charge in [0, 0.05) is 56.5 Å². The largest absolute Gasteiger partial charge is 0.495 e. The summed E-state index contributed by atoms with van der Waals surface area (Å²) in [6.07, 6.45) is 3.45. The van der Waals surface area contributed by atoms with E-state index in [0.717, 1.165) is 60.0 Å². The molecule has 8 heteroatoms. The molecule has 0 bridgehead atoms. The Hall–Kier alpha value is -5.63. The summed E-state index contributed by atoms with van der Waals surface area (Å²) in [5.41, 5.74) is 5.64. The van der Waals surface area contributed by atoms with Gasteiger partial charge >= 0.3 is 0 Å². The summed E-state index contributed by atoms with van der Waals surface area (Å²) in [4.78, 5) is 36.3. The minimum Gasteiger partial charge on any atom is -0.495 e. The highest BCUT2D eigenvalue weighted by Gasteiger charge is 2.26. The molecule has 2 heterocycles. The van der Waals surface area contributed by atoms with Gasteiger partial charge in [-0.25, -0.2) is 0 Å². The molecule has 1 aromatic heterocycles. The van der Waals surface area contributed by atoms with E-state index in [1.807, 2.05) is 103 Å². The van der Waals surface area contributed by atoms with Crippen LogP contribution in [0.2, 0.25) is 0 Å². The van der Waals surface area contributed by atoms with Crippen LogP contribution in [0.15, 0.2) is 128 Å². The van der Waals surface area contributed by atoms with E-state index in [-0.39, 0.29) is 11.8 Å². The molecule has 1 aliphatic heterocycles. The highest BCUT2D eigenvalue weighted by molar-refractivity contribution is 6.03. The van der Waals surface area contributed by atoms with Gasteiger partial charge in [-0.3, -0.25) is 14.6 Å². The lowest BCUT2D eigenvalue weighted by atomic mass is 9.90. The number of aromatic nitrogens is 1. The van der Waals surface area contributed by atoms with Crippen molar-refractivity contribution in [3.05, 3.63) is 150 Å². The molecular weight excluding hydrogens is 574 g/mol. The molecule has 0 saturated carbocycles. The fourth-order valence-corrected chi connectivity index (χ4v) is 5.93. The van der Waals surface area contributed by atoms with Gasteiger partial charge in [0.1, 0.15) is 5.75 Å². The summed E-state index contributed by atoms with van der Waals surface area (Å²) in [6.45, 7) is 3.32. The Morgan fingerprint density at radius 1 is 0.761 bits per heavy atom. The molecule has 2 N–H and O–H groups in total. The summed E-state index contributed by atoms with van der Waals surface area (Å²) in [5.74, 6) is -0.0501. The van der Waals surface area contributed by atoms with Crippen molar-refractivity contribution in [3.63, 3.8) is 0 Å². The minimum atomic E-state index is -0.506. The van der Waals surface area contributed by atoms with Crippen molar-refractivity contribution in [3.8, 4) is 5.75 Å². The second kappa shape index (κ2) is 14.4. The Kier molecular flexibility index (Phi) is 9.54. The van der Waals surface area contributed by atoms with Crippen LogP contribution in [0.4, 0.5) is 17.1 Å². The highest BCUT2D eigenvalue weighted by Crippen LogP contribution is 2.32. The maximum atomic E-state index is 13.9. The van der Waals surface area contributed by atoms with Crippen LogP contribution in [0.3, 0.4) is 0 Å². The number of piperazine rings is 1. The van der Waals surface area contributed by atoms with Crippen molar-refractivity contribution in [2.75, 3.05) is 48.4 Å². The molecule has 0 unspecified atom stereocenters. The maximum absolute atomic E-state index is 13.9. The SMILES string of the molecule is COc1ccccc1N1CCN(c2ccc(NC(=O)C(c3ccccc3)c3ccccc3)cc2C(=O)NCc2cccnc2)CC1. The highest BCUT2D eigenvalue weighted by atomic mass is 16.5. The number of hydrogen-bond donors (Lipinski definition) is 2. The molecular formula is C38H37N5O3. The lowest BCUT2D eigenvalue weighted by molar-refractivity contribution is -0.116. The first kappa shape index (κ1) is 30.4. The van der Waals surface area contributed by atoms with Crippen molar-refractivity contribution < 1.29 is 14.3 Å². The Bertz CT molecular complexity index is 1720. The van der Waals surface area contributed by atoms with Crippen LogP contribution < -0.4 is 25.2 Å². The van der Waals surface area contributed by atoms with E-state index in [4.69, 9.17) is 4.74 Å². The average Bonchev–Trinajstić information content (AvgIpc) is 3.12. The molecule has 2 amide bonds. The molecule has 4 aromatic carbocycles. The number of hydrogen-bond acceptors (Lipinski definition) is 6. The topological polar surface area (TPSA) is 86.8 Å². The van der Waals surface area contributed by atoms with Gasteiger partial charge in [-0.15, -0.1) is 0 Å². The fraction of sp³-hybridized carbons (Fsp3) is 0.184. The first-order valence-corrected chi connectivity index (χ1v) is 15.5. The molecule has 8 nitrogen and oxygen atoms in total. The molecule has 1 saturated heterocycles. The number of carbonyl (C=O) groups is 2. The first-order chi connectivity index (χ1) is 22.6. The minimum absolute atomic E-state index is 0.169. The Morgan fingerprint density at radius 3 is 2.02 bits per heavy atom. The first-order valence-electron chi connectivity index (χ1n) is 15.5. The van der Waals surface area contributed by atoms with Crippen molar-refractivity contribution in [2.45, 2.75) is 12.5 Å². The van der Waals surface area contributed by atoms with Crippen LogP contribution in [-0.2, 0) is 11.3 Å². The Morgan fingerprint density at radius 2 is 1.39 bits per heavy atom. The summed E-state index contributed by atoms with van der Waals surface area (Å²) in [6, 6.07) is 36.9. The normalized spacial score (nSPS) is 12.9. The number of carbonyl (C=O) groups excluding carboxylic acids is 2. The van der Waals surface area contributed by atoms with E-state index in [1.165, 1.54) is 0 Å². The number of anilines is 3. The number of benzene rings is 4. The van der Waals surface area contributed by atoms with E-state index < -0.39 is 5.92 Å². The average molecular weight is 612 g/mol. The molecule has 1 aliphatic rings. The van der Waals surface area contributed by atoms with Crippen LogP contribution >= 0.6 is 0 Å². The summed E-state index contributed by atoms with van der Waals surface area (Å²) < 4.78 is 5.59. The molecule has 46 heavy (non-hydrogen) atoms. The van der Waals surface area contributed by atoms with Gasteiger partial charge in [-0.05, 0) is 53.1 Å². The second-order valence-electron chi connectivity index (χ2n) is 11.2. The third kappa shape index (κ3) is 7.02. The molecule has 0 atom stereocenters. The number of methoxy groups -OCH3 is 1. The predicted octanol–water partition coefficient (Wildman–Crippen LogP) is 6.12. The maximum Gasteiger partial charge on any atom is 0.253 e. The summed E-state index contributed by atoms with van der Waals surface area (Å²) in [7, 11) is 1.69. The van der Waals surface area contributed by atoms with Gasteiger partial charge in [-0.1, -0.05) is 78.9 Å². The third-order valence-corrected chi connectivity index (χ3v) is 8.26. The summed E-state index contributed by atoms with van der Waals surface area (Å²) in [5, 5.41) is 6.16. The molecule has 0 radical (unpaired) electrons. The smallest absolute Gasteiger partial charge is 0.253 e. The number of ether oxygens (including phenoxy) is 1. The fourth-order valence-electron chi connectivity index (χ4n) is 5.93. The van der Waals surface area contributed by atoms with Gasteiger partial charge < -0.3 is 25.2 Å². The van der Waals surface area contributed by atoms with Gasteiger partial charge in [0.15, 0.2) is 0 Å². The number of nitrogens with zero attached hydrogens (tertiary/aromatic N) is 3. The van der Waals surface area contributed by atoms with Crippen molar-refractivity contribution in [1.29, 1.82) is 0 Å². The van der Waals surface area contributed by atoms with Crippen LogP contribution in [0, 0.1) is 0 Å². The van der Waals surface area contributed by atoms with Crippen molar-refractivity contribution in [2.24, 2.45) is 0 Å². The number of rotatable bonds is 10. The molecule has 0 spiro atoms. The number of nitrogens with one attached hydrogen (secondary N) is 2. The zero-order chi connectivity index (χ0) is 31.7. The van der Waals surface area contributed by atoms with Crippen LogP contribution in [-0.4, -0.2) is 50.1 Å². The van der Waals surface area contributed by atoms with Crippen LogP contribution in [0.1, 0.15) is 33.0 Å². The Labute approximate surface area is 269 Å². The van der Waals surface area contributed by atoms with Crippen molar-refractivity contribution in [1.82, 2.24) is 10.3 Å². The van der Waals surface area contributed by atoms with Gasteiger partial charge in [0.05, 0.1) is 24.3 Å². The number of amides is 2. The van der Waals surface area contributed by atoms with Gasteiger partial charge in [0.25, 0.3) is 5.91 Å². The molecule has 5 aromatic rings. The van der Waals surface area contributed by atoms with E-state index in [2.05, 4.69) is 31.5 Å². The summed E-state index contributed by atoms with van der Waals surface area (Å²) >= 11 is 0. The molecule has 232 valence electrons. The molecule has 6 rings (SSSR count). The van der Waals surface area contributed by atoms with Crippen molar-refractivity contribution >= 4 is 28.9 Å². The monoisotopic (exact) mass is 611 g/mol. The lowest BCUT2D eigenvalue weighted by Crippen LogP contribution is -2.47. The van der Waals surface area contributed by atoms with Crippen LogP contribution in [0.5, 0.6) is 5.75 Å². The number of pyridine rings is 1. The molecule has 1 fully saturated rings. The quantitative estimate of drug-likeness (QED) is 0.198. The number of para-hydroxylation sites is 2. The van der Waals surface area contributed by atoms with Crippen LogP contribution in [0.25, 0.3) is 0 Å². The van der Waals surface area contributed by atoms with E-state index in [1.54, 1.807) is 25.6 Å². The lowest BCUT2D eigenvalue weighted by Gasteiger charge is -2.38. The van der Waals surface area contributed by atoms with E-state index in [0.29, 0.717) is 17.8 Å². The van der Waals surface area contributed by atoms with E-state index >= 15 is 0 Å². The third-order valence-electron chi connectivity index (χ3n) is 8.26. The zero-order valence-corrected chi connectivity index (χ0v) is 25.8. The van der Waals surface area contributed by atoms with E-state index in [9.17, 15) is 9.59 Å². The predicted molar refractivity (Wildman–Crippen MR) is 183 cm³/mol. The zero-order valence-electron chi connectivity index (χ0n) is 25.8. The Balaban J connectivity index is 1.26. The van der Waals surface area contributed by atoms with Gasteiger partial charge in [0.2, 0.25) is 5.91 Å². The molecule has 0 aliphatic carbocycles. The standard InChI is InChI=1S/C38H37N5O3/c1-46-35-17-9-8-16-34(35)43-23-21-42(22-24-43)33-19-18-31(25-32(33)37(44)40-27-28-11-10-20-39-26-28)41-38(45)36(29-12-4-2-5-13-29)30-14-6-3-7-15-30/h2-20,25-26,36H,21-24,27H2,1H3,(H,40,44)(H,41,45). The van der Waals surface area contributed by atoms with Gasteiger partial charge in [-0.2, -0.15) is 0 Å².